The highest BCUT2D eigenvalue weighted by Crippen LogP contribution is 2.45. The van der Waals surface area contributed by atoms with Gasteiger partial charge in [-0.15, -0.1) is 0 Å². The summed E-state index contributed by atoms with van der Waals surface area (Å²) in [5.41, 5.74) is -1.29. The van der Waals surface area contributed by atoms with E-state index >= 15 is 0 Å². The summed E-state index contributed by atoms with van der Waals surface area (Å²) in [6.45, 7) is 12.1. The standard InChI is InChI=1S/C51H66O27S6/c1-22(52)64-16-37-40(67-25(4)55)43(70-28(7)58)46(73-31(10)61)49(76-37)82-79-19-34-13-35(20-80-83-50-47(74-32(11)62)44(71-29(8)59)41(68-26(5)56)38(77-50)17-65-23(2)53)15-36(14-34)21-81-84-51-48(75-33(12)63)45(72-30(9)60)42(69-27(6)57)39(78-51)18-66-24(3)54/h13-15,37-51H,16-21H2,1-12H3/t37-,38-,39-,40+,41+,42+,43+,44+,45+,46-,47-,48-,49+,50+,51+/m1/s1. The first kappa shape index (κ1) is 71.3. The second-order valence-electron chi connectivity index (χ2n) is 18.4. The summed E-state index contributed by atoms with van der Waals surface area (Å²) in [6, 6.07) is 5.59. The summed E-state index contributed by atoms with van der Waals surface area (Å²) in [5, 5.41) is 0. The van der Waals surface area contributed by atoms with Gasteiger partial charge in [-0.25, -0.2) is 0 Å². The van der Waals surface area contributed by atoms with Crippen LogP contribution in [0.2, 0.25) is 0 Å². The van der Waals surface area contributed by atoms with E-state index in [9.17, 15) is 57.5 Å². The lowest BCUT2D eigenvalue weighted by Gasteiger charge is -2.44. The molecule has 0 amide bonds. The van der Waals surface area contributed by atoms with Crippen LogP contribution >= 0.6 is 64.8 Å². The molecule has 1 aromatic rings. The third kappa shape index (κ3) is 24.0. The van der Waals surface area contributed by atoms with E-state index in [1.54, 1.807) is 0 Å². The van der Waals surface area contributed by atoms with Crippen LogP contribution < -0.4 is 0 Å². The van der Waals surface area contributed by atoms with Crippen LogP contribution in [0.3, 0.4) is 0 Å². The van der Waals surface area contributed by atoms with Crippen LogP contribution in [0.5, 0.6) is 0 Å². The Bertz CT molecular complexity index is 2260. The van der Waals surface area contributed by atoms with Crippen molar-refractivity contribution < 1.29 is 129 Å². The molecule has 15 atom stereocenters. The molecule has 0 aliphatic carbocycles. The highest BCUT2D eigenvalue weighted by Gasteiger charge is 2.55. The van der Waals surface area contributed by atoms with E-state index in [1.165, 1.54) is 32.4 Å². The molecule has 0 unspecified atom stereocenters. The Morgan fingerprint density at radius 3 is 0.679 bits per heavy atom. The molecule has 468 valence electrons. The number of carbonyl (C=O) groups is 12. The molecule has 27 nitrogen and oxygen atoms in total. The van der Waals surface area contributed by atoms with Gasteiger partial charge in [-0.1, -0.05) is 83.0 Å². The van der Waals surface area contributed by atoms with E-state index < -0.39 is 181 Å². The number of rotatable bonds is 27. The van der Waals surface area contributed by atoms with Gasteiger partial charge in [0, 0.05) is 100 Å². The molecule has 1 aromatic carbocycles. The van der Waals surface area contributed by atoms with E-state index in [2.05, 4.69) is 0 Å². The van der Waals surface area contributed by atoms with Gasteiger partial charge < -0.3 is 71.1 Å². The summed E-state index contributed by atoms with van der Waals surface area (Å²) in [6.07, 6.45) is -16.0. The zero-order valence-electron chi connectivity index (χ0n) is 47.6. The van der Waals surface area contributed by atoms with Gasteiger partial charge >= 0.3 is 71.6 Å². The predicted molar refractivity (Wildman–Crippen MR) is 299 cm³/mol. The van der Waals surface area contributed by atoms with Crippen LogP contribution in [0, 0.1) is 0 Å². The van der Waals surface area contributed by atoms with Crippen LogP contribution in [-0.2, 0) is 146 Å². The molecule has 4 rings (SSSR count). The molecule has 3 heterocycles. The van der Waals surface area contributed by atoms with Crippen molar-refractivity contribution in [3.05, 3.63) is 34.9 Å². The number of ether oxygens (including phenoxy) is 15. The first-order valence-electron chi connectivity index (χ1n) is 25.4. The Morgan fingerprint density at radius 2 is 0.488 bits per heavy atom. The topological polar surface area (TPSA) is 343 Å². The van der Waals surface area contributed by atoms with Crippen molar-refractivity contribution in [2.24, 2.45) is 0 Å². The lowest BCUT2D eigenvalue weighted by Crippen LogP contribution is -2.61. The fourth-order valence-corrected chi connectivity index (χ4v) is 15.9. The molecule has 0 radical (unpaired) electrons. The molecule has 3 aliphatic rings. The molecule has 0 bridgehead atoms. The van der Waals surface area contributed by atoms with Gasteiger partial charge in [0.15, 0.2) is 71.2 Å². The average Bonchev–Trinajstić information content (AvgIpc) is 1.40. The smallest absolute Gasteiger partial charge is 0.303 e. The molecule has 3 aliphatic heterocycles. The highest BCUT2D eigenvalue weighted by atomic mass is 33.1. The number of benzene rings is 1. The molecule has 84 heavy (non-hydrogen) atoms. The van der Waals surface area contributed by atoms with Gasteiger partial charge in [0.1, 0.15) is 38.1 Å². The van der Waals surface area contributed by atoms with Crippen molar-refractivity contribution in [2.75, 3.05) is 19.8 Å². The highest BCUT2D eigenvalue weighted by molar-refractivity contribution is 8.77. The SMILES string of the molecule is CC(=O)OC[C@H]1O[C@@H](SSCc2cc(CSS[C@@H]3O[C@H](COC(C)=O)[C@H](OC(C)=O)[C@H](OC(C)=O)[C@H]3OC(C)=O)cc(CSS[C@@H]3O[C@H](COC(C)=O)[C@H](OC(C)=O)[C@H](OC(C)=O)[C@H]3OC(C)=O)c2)[C@H](OC(C)=O)[C@@H](OC(C)=O)[C@H]1OC(C)=O. The average molecular weight is 1300 g/mol. The minimum atomic E-state index is -1.41. The van der Waals surface area contributed by atoms with Gasteiger partial charge in [0.2, 0.25) is 0 Å². The number of hydrogen-bond acceptors (Lipinski definition) is 33. The minimum Gasteiger partial charge on any atom is -0.463 e. The predicted octanol–water partition coefficient (Wildman–Crippen LogP) is 4.58. The first-order chi connectivity index (χ1) is 39.5. The van der Waals surface area contributed by atoms with Crippen LogP contribution in [0.4, 0.5) is 0 Å². The lowest BCUT2D eigenvalue weighted by atomic mass is 9.99. The van der Waals surface area contributed by atoms with E-state index in [0.29, 0.717) is 16.7 Å². The molecule has 0 aromatic heterocycles. The molecular weight excluding hydrogens is 1240 g/mol. The Kier molecular flexibility index (Phi) is 29.6. The van der Waals surface area contributed by atoms with Crippen molar-refractivity contribution >= 4 is 136 Å². The molecule has 33 heteroatoms. The molecule has 0 N–H and O–H groups in total. The monoisotopic (exact) mass is 1300 g/mol. The van der Waals surface area contributed by atoms with Gasteiger partial charge in [0.25, 0.3) is 0 Å². The number of esters is 12. The fraction of sp³-hybridized carbons (Fsp3) is 0.647. The third-order valence-electron chi connectivity index (χ3n) is 11.1. The first-order valence-corrected chi connectivity index (χ1v) is 32.5. The second-order valence-corrected chi connectivity index (χ2v) is 25.8. The van der Waals surface area contributed by atoms with E-state index in [-0.39, 0.29) is 17.3 Å². The lowest BCUT2D eigenvalue weighted by molar-refractivity contribution is -0.237. The summed E-state index contributed by atoms with van der Waals surface area (Å²) in [4.78, 5) is 148. The van der Waals surface area contributed by atoms with E-state index in [0.717, 1.165) is 115 Å². The van der Waals surface area contributed by atoms with Crippen molar-refractivity contribution in [1.82, 2.24) is 0 Å². The molecular formula is C51H66O27S6. The summed E-state index contributed by atoms with van der Waals surface area (Å²) in [5.74, 6) is -8.63. The van der Waals surface area contributed by atoms with E-state index in [1.807, 2.05) is 18.2 Å². The third-order valence-corrected chi connectivity index (χ3v) is 18.6. The van der Waals surface area contributed by atoms with Gasteiger partial charge in [-0.05, 0) is 16.7 Å². The maximum atomic E-state index is 12.6. The normalized spacial score (nSPS) is 27.2. The van der Waals surface area contributed by atoms with Crippen molar-refractivity contribution in [3.8, 4) is 0 Å². The molecule has 0 spiro atoms. The number of hydrogen-bond donors (Lipinski definition) is 0. The van der Waals surface area contributed by atoms with E-state index in [4.69, 9.17) is 71.1 Å². The summed E-state index contributed by atoms with van der Waals surface area (Å²) in [7, 11) is 6.86. The number of carbonyl (C=O) groups excluding carboxylic acids is 12. The van der Waals surface area contributed by atoms with Gasteiger partial charge in [-0.2, -0.15) is 0 Å². The maximum absolute atomic E-state index is 12.6. The quantitative estimate of drug-likeness (QED) is 0.0661. The van der Waals surface area contributed by atoms with Gasteiger partial charge in [-0.3, -0.25) is 57.5 Å². The zero-order valence-corrected chi connectivity index (χ0v) is 52.5. The second kappa shape index (κ2) is 34.8. The largest absolute Gasteiger partial charge is 0.463 e. The molecule has 0 saturated carbocycles. The van der Waals surface area contributed by atoms with Crippen LogP contribution in [0.1, 0.15) is 99.8 Å². The minimum absolute atomic E-state index is 0.202. The molecule has 3 fully saturated rings. The molecule has 3 saturated heterocycles. The zero-order chi connectivity index (χ0) is 62.5. The van der Waals surface area contributed by atoms with Crippen molar-refractivity contribution in [3.63, 3.8) is 0 Å². The van der Waals surface area contributed by atoms with Crippen molar-refractivity contribution in [2.45, 2.75) is 190 Å². The summed E-state index contributed by atoms with van der Waals surface area (Å²) >= 11 is 0. The van der Waals surface area contributed by atoms with Gasteiger partial charge in [0.05, 0.1) is 0 Å². The Balaban J connectivity index is 1.74. The fourth-order valence-electron chi connectivity index (χ4n) is 8.40. The Morgan fingerprint density at radius 1 is 0.298 bits per heavy atom. The van der Waals surface area contributed by atoms with Crippen LogP contribution in [0.25, 0.3) is 0 Å². The van der Waals surface area contributed by atoms with Crippen LogP contribution in [0.15, 0.2) is 18.2 Å². The van der Waals surface area contributed by atoms with Crippen LogP contribution in [-0.4, -0.2) is 181 Å². The Hall–Kier alpha value is -5.16. The van der Waals surface area contributed by atoms with Crippen molar-refractivity contribution in [1.29, 1.82) is 0 Å². The Labute approximate surface area is 506 Å². The summed E-state index contributed by atoms with van der Waals surface area (Å²) < 4.78 is 84.8. The maximum Gasteiger partial charge on any atom is 0.303 e.